The Hall–Kier alpha value is -2.17. The fourth-order valence-electron chi connectivity index (χ4n) is 3.61. The van der Waals surface area contributed by atoms with Gasteiger partial charge in [-0.2, -0.15) is 0 Å². The Kier molecular flexibility index (Phi) is 7.57. The van der Waals surface area contributed by atoms with Crippen LogP contribution >= 0.6 is 12.4 Å². The van der Waals surface area contributed by atoms with Crippen molar-refractivity contribution in [1.29, 1.82) is 0 Å². The monoisotopic (exact) mass is 386 g/mol. The number of benzene rings is 2. The van der Waals surface area contributed by atoms with Crippen molar-refractivity contribution in [2.24, 2.45) is 17.6 Å². The summed E-state index contributed by atoms with van der Waals surface area (Å²) in [5.74, 6) is -0.0166. The number of carbonyl (C=O) groups is 2. The maximum atomic E-state index is 12.8. The van der Waals surface area contributed by atoms with Gasteiger partial charge in [0.05, 0.1) is 5.92 Å². The van der Waals surface area contributed by atoms with Crippen LogP contribution in [0.2, 0.25) is 0 Å². The lowest BCUT2D eigenvalue weighted by Crippen LogP contribution is -2.44. The van der Waals surface area contributed by atoms with E-state index in [1.54, 1.807) is 0 Å². The van der Waals surface area contributed by atoms with Gasteiger partial charge in [-0.05, 0) is 18.4 Å². The molecule has 1 amide bonds. The van der Waals surface area contributed by atoms with E-state index in [1.165, 1.54) is 0 Å². The molecule has 2 aromatic rings. The van der Waals surface area contributed by atoms with Crippen LogP contribution in [0.15, 0.2) is 60.7 Å². The number of likely N-dealkylation sites (tertiary alicyclic amines) is 1. The summed E-state index contributed by atoms with van der Waals surface area (Å²) in [5.41, 5.74) is 8.03. The first-order chi connectivity index (χ1) is 12.6. The Morgan fingerprint density at radius 3 is 2.04 bits per heavy atom. The molecule has 2 atom stereocenters. The molecular weight excluding hydrogens is 360 g/mol. The number of nitrogens with zero attached hydrogens (tertiary/aromatic N) is 1. The van der Waals surface area contributed by atoms with Crippen molar-refractivity contribution in [2.45, 2.75) is 25.8 Å². The van der Waals surface area contributed by atoms with Crippen molar-refractivity contribution in [2.75, 3.05) is 13.1 Å². The molecule has 1 aliphatic rings. The quantitative estimate of drug-likeness (QED) is 0.793. The van der Waals surface area contributed by atoms with Gasteiger partial charge in [-0.25, -0.2) is 0 Å². The van der Waals surface area contributed by atoms with E-state index >= 15 is 0 Å². The molecule has 27 heavy (non-hydrogen) atoms. The number of carbonyl (C=O) groups excluding carboxylic acids is 2. The van der Waals surface area contributed by atoms with Gasteiger partial charge in [0.2, 0.25) is 5.91 Å². The van der Waals surface area contributed by atoms with Gasteiger partial charge in [0.1, 0.15) is 0 Å². The molecule has 1 heterocycles. The van der Waals surface area contributed by atoms with Crippen molar-refractivity contribution in [1.82, 2.24) is 4.90 Å². The van der Waals surface area contributed by atoms with Gasteiger partial charge >= 0.3 is 0 Å². The van der Waals surface area contributed by atoms with E-state index in [-0.39, 0.29) is 42.0 Å². The van der Waals surface area contributed by atoms with Gasteiger partial charge in [0.15, 0.2) is 5.78 Å². The summed E-state index contributed by atoms with van der Waals surface area (Å²) in [6.07, 6.45) is 1.43. The van der Waals surface area contributed by atoms with Crippen LogP contribution in [0.25, 0.3) is 0 Å². The number of rotatable bonds is 5. The van der Waals surface area contributed by atoms with Gasteiger partial charge < -0.3 is 10.6 Å². The Labute approximate surface area is 167 Å². The minimum atomic E-state index is -0.313. The van der Waals surface area contributed by atoms with Gasteiger partial charge in [0, 0.05) is 30.6 Å². The highest BCUT2D eigenvalue weighted by atomic mass is 35.5. The number of ketones is 1. The molecule has 2 unspecified atom stereocenters. The molecule has 1 fully saturated rings. The lowest BCUT2D eigenvalue weighted by Gasteiger charge is -2.34. The summed E-state index contributed by atoms with van der Waals surface area (Å²) in [7, 11) is 0. The Balaban J connectivity index is 0.00000261. The van der Waals surface area contributed by atoms with Crippen LogP contribution in [0.3, 0.4) is 0 Å². The number of halogens is 1. The molecule has 4 nitrogen and oxygen atoms in total. The normalized spacial score (nSPS) is 16.9. The molecule has 0 spiro atoms. The van der Waals surface area contributed by atoms with E-state index < -0.39 is 0 Å². The molecule has 1 aliphatic heterocycles. The Morgan fingerprint density at radius 1 is 0.963 bits per heavy atom. The van der Waals surface area contributed by atoms with E-state index in [9.17, 15) is 9.59 Å². The summed E-state index contributed by atoms with van der Waals surface area (Å²) < 4.78 is 0. The SMILES string of the molecule is CC(C(=O)N1CCC(C(=O)c2ccccc2)CC1)C(N)c1ccccc1.Cl. The lowest BCUT2D eigenvalue weighted by atomic mass is 9.87. The molecule has 0 bridgehead atoms. The predicted octanol–water partition coefficient (Wildman–Crippen LogP) is 3.87. The molecule has 0 saturated carbocycles. The molecule has 0 radical (unpaired) electrons. The zero-order valence-corrected chi connectivity index (χ0v) is 16.4. The van der Waals surface area contributed by atoms with Gasteiger partial charge in [-0.1, -0.05) is 67.6 Å². The summed E-state index contributed by atoms with van der Waals surface area (Å²) in [5, 5.41) is 0. The van der Waals surface area contributed by atoms with Crippen molar-refractivity contribution >= 4 is 24.1 Å². The maximum Gasteiger partial charge on any atom is 0.227 e. The highest BCUT2D eigenvalue weighted by molar-refractivity contribution is 5.98. The minimum absolute atomic E-state index is 0. The van der Waals surface area contributed by atoms with Gasteiger partial charge in [-0.3, -0.25) is 9.59 Å². The van der Waals surface area contributed by atoms with Crippen LogP contribution in [0, 0.1) is 11.8 Å². The molecule has 2 N–H and O–H groups in total. The predicted molar refractivity (Wildman–Crippen MR) is 110 cm³/mol. The number of hydrogen-bond donors (Lipinski definition) is 1. The number of amides is 1. The first kappa shape index (κ1) is 21.1. The first-order valence-electron chi connectivity index (χ1n) is 9.26. The summed E-state index contributed by atoms with van der Waals surface area (Å²) in [6.45, 7) is 3.13. The molecular formula is C22H27ClN2O2. The van der Waals surface area contributed by atoms with Crippen LogP contribution in [-0.2, 0) is 4.79 Å². The number of hydrogen-bond acceptors (Lipinski definition) is 3. The molecule has 0 aliphatic carbocycles. The van der Waals surface area contributed by atoms with Crippen molar-refractivity contribution < 1.29 is 9.59 Å². The van der Waals surface area contributed by atoms with Gasteiger partial charge in [-0.15, -0.1) is 12.4 Å². The molecule has 5 heteroatoms. The fourth-order valence-corrected chi connectivity index (χ4v) is 3.61. The van der Waals surface area contributed by atoms with Crippen LogP contribution in [-0.4, -0.2) is 29.7 Å². The van der Waals surface area contributed by atoms with E-state index in [0.717, 1.165) is 11.1 Å². The second-order valence-electron chi connectivity index (χ2n) is 7.05. The Bertz CT molecular complexity index is 743. The summed E-state index contributed by atoms with van der Waals surface area (Å²) in [4.78, 5) is 27.3. The van der Waals surface area contributed by atoms with Crippen LogP contribution < -0.4 is 5.73 Å². The molecule has 3 rings (SSSR count). The highest BCUT2D eigenvalue weighted by Gasteiger charge is 2.31. The largest absolute Gasteiger partial charge is 0.342 e. The molecule has 1 saturated heterocycles. The molecule has 2 aromatic carbocycles. The molecule has 144 valence electrons. The highest BCUT2D eigenvalue weighted by Crippen LogP contribution is 2.26. The standard InChI is InChI=1S/C22H26N2O2.ClH/c1-16(20(23)17-8-4-2-5-9-17)22(26)24-14-12-19(13-15-24)21(25)18-10-6-3-7-11-18;/h2-11,16,19-20H,12-15,23H2,1H3;1H. The van der Waals surface area contributed by atoms with Crippen LogP contribution in [0.4, 0.5) is 0 Å². The topological polar surface area (TPSA) is 63.4 Å². The molecule has 0 aromatic heterocycles. The van der Waals surface area contributed by atoms with Gasteiger partial charge in [0.25, 0.3) is 0 Å². The fraction of sp³-hybridized carbons (Fsp3) is 0.364. The summed E-state index contributed by atoms with van der Waals surface area (Å²) >= 11 is 0. The average Bonchev–Trinajstić information content (AvgIpc) is 2.73. The zero-order valence-electron chi connectivity index (χ0n) is 15.6. The van der Waals surface area contributed by atoms with Crippen molar-refractivity contribution in [3.05, 3.63) is 71.8 Å². The van der Waals surface area contributed by atoms with E-state index in [0.29, 0.717) is 25.9 Å². The summed E-state index contributed by atoms with van der Waals surface area (Å²) in [6, 6.07) is 18.8. The third kappa shape index (κ3) is 4.96. The minimum Gasteiger partial charge on any atom is -0.342 e. The lowest BCUT2D eigenvalue weighted by molar-refractivity contribution is -0.137. The smallest absolute Gasteiger partial charge is 0.227 e. The number of nitrogens with two attached hydrogens (primary N) is 1. The second kappa shape index (κ2) is 9.67. The van der Waals surface area contributed by atoms with Crippen LogP contribution in [0.5, 0.6) is 0 Å². The first-order valence-corrected chi connectivity index (χ1v) is 9.26. The van der Waals surface area contributed by atoms with E-state index in [2.05, 4.69) is 0 Å². The van der Waals surface area contributed by atoms with Crippen LogP contribution in [0.1, 0.15) is 41.7 Å². The maximum absolute atomic E-state index is 12.8. The number of Topliss-reactive ketones (excluding diaryl/α,β-unsaturated/α-hetero) is 1. The third-order valence-electron chi connectivity index (χ3n) is 5.35. The van der Waals surface area contributed by atoms with Crippen molar-refractivity contribution in [3.8, 4) is 0 Å². The average molecular weight is 387 g/mol. The second-order valence-corrected chi connectivity index (χ2v) is 7.05. The third-order valence-corrected chi connectivity index (χ3v) is 5.35. The Morgan fingerprint density at radius 2 is 1.48 bits per heavy atom. The van der Waals surface area contributed by atoms with E-state index in [1.807, 2.05) is 72.5 Å². The van der Waals surface area contributed by atoms with E-state index in [4.69, 9.17) is 5.73 Å². The van der Waals surface area contributed by atoms with Crippen molar-refractivity contribution in [3.63, 3.8) is 0 Å². The number of piperidine rings is 1. The zero-order chi connectivity index (χ0) is 18.5.